The van der Waals surface area contributed by atoms with Gasteiger partial charge in [0.1, 0.15) is 11.4 Å². The second-order valence-corrected chi connectivity index (χ2v) is 5.36. The van der Waals surface area contributed by atoms with Crippen molar-refractivity contribution in [3.05, 3.63) is 54.2 Å². The van der Waals surface area contributed by atoms with E-state index >= 15 is 0 Å². The van der Waals surface area contributed by atoms with Gasteiger partial charge in [0, 0.05) is 16.5 Å². The van der Waals surface area contributed by atoms with Crippen LogP contribution in [-0.4, -0.2) is 25.4 Å². The second kappa shape index (κ2) is 5.17. The van der Waals surface area contributed by atoms with Crippen LogP contribution in [0.5, 0.6) is 0 Å². The van der Waals surface area contributed by atoms with Crippen LogP contribution in [0.4, 0.5) is 5.95 Å². The summed E-state index contributed by atoms with van der Waals surface area (Å²) in [5.74, 6) is 0.161. The largest absolute Gasteiger partial charge is 0.366 e. The molecule has 0 saturated heterocycles. The maximum absolute atomic E-state index is 5.75. The molecular weight excluding hydrogens is 288 g/mol. The molecule has 0 radical (unpaired) electrons. The van der Waals surface area contributed by atoms with E-state index in [9.17, 15) is 0 Å². The number of rotatable bonds is 2. The highest BCUT2D eigenvalue weighted by molar-refractivity contribution is 5.89. The van der Waals surface area contributed by atoms with Crippen molar-refractivity contribution in [1.29, 1.82) is 0 Å². The van der Waals surface area contributed by atoms with Crippen molar-refractivity contribution in [3.63, 3.8) is 0 Å². The first-order chi connectivity index (χ1) is 11.2. The normalized spacial score (nSPS) is 11.0. The van der Waals surface area contributed by atoms with E-state index in [0.717, 1.165) is 33.3 Å². The topological polar surface area (TPSA) is 93.4 Å². The lowest BCUT2D eigenvalue weighted by Crippen LogP contribution is -2.02. The third kappa shape index (κ3) is 2.30. The summed E-state index contributed by atoms with van der Waals surface area (Å²) in [5, 5.41) is 16.3. The molecule has 2 aromatic heterocycles. The number of aromatic amines is 1. The van der Waals surface area contributed by atoms with Gasteiger partial charge in [-0.3, -0.25) is 5.10 Å². The number of benzene rings is 2. The van der Waals surface area contributed by atoms with Gasteiger partial charge >= 0.3 is 0 Å². The molecule has 0 atom stereocenters. The summed E-state index contributed by atoms with van der Waals surface area (Å²) in [4.78, 5) is 4.40. The van der Waals surface area contributed by atoms with Gasteiger partial charge in [-0.15, -0.1) is 10.2 Å². The molecule has 0 amide bonds. The van der Waals surface area contributed by atoms with Crippen molar-refractivity contribution >= 4 is 16.9 Å². The fraction of sp³-hybridized carbons (Fsp3) is 0.0588. The molecule has 23 heavy (non-hydrogen) atoms. The van der Waals surface area contributed by atoms with Gasteiger partial charge in [0.15, 0.2) is 0 Å². The fourth-order valence-corrected chi connectivity index (χ4v) is 2.70. The number of hydrogen-bond acceptors (Lipinski definition) is 5. The van der Waals surface area contributed by atoms with Gasteiger partial charge in [-0.05, 0) is 24.6 Å². The quantitative estimate of drug-likeness (QED) is 0.593. The van der Waals surface area contributed by atoms with E-state index < -0.39 is 0 Å². The van der Waals surface area contributed by atoms with Crippen molar-refractivity contribution < 1.29 is 0 Å². The number of fused-ring (bicyclic) bond motifs is 1. The Kier molecular flexibility index (Phi) is 3.01. The Hall–Kier alpha value is -3.28. The third-order valence-corrected chi connectivity index (χ3v) is 3.77. The molecule has 6 heteroatoms. The third-order valence-electron chi connectivity index (χ3n) is 3.77. The van der Waals surface area contributed by atoms with Crippen LogP contribution in [-0.2, 0) is 0 Å². The number of anilines is 1. The van der Waals surface area contributed by atoms with Crippen molar-refractivity contribution in [2.45, 2.75) is 6.92 Å². The van der Waals surface area contributed by atoms with E-state index in [4.69, 9.17) is 5.73 Å². The van der Waals surface area contributed by atoms with Crippen LogP contribution in [0, 0.1) is 6.92 Å². The van der Waals surface area contributed by atoms with Gasteiger partial charge < -0.3 is 5.73 Å². The Balaban J connectivity index is 1.97. The van der Waals surface area contributed by atoms with E-state index in [1.807, 2.05) is 43.3 Å². The van der Waals surface area contributed by atoms with Crippen LogP contribution in [0.15, 0.2) is 48.7 Å². The number of hydrogen-bond donors (Lipinski definition) is 2. The highest BCUT2D eigenvalue weighted by Crippen LogP contribution is 2.31. The van der Waals surface area contributed by atoms with E-state index in [1.54, 1.807) is 6.20 Å². The van der Waals surface area contributed by atoms with Gasteiger partial charge in [0.25, 0.3) is 0 Å². The van der Waals surface area contributed by atoms with Crippen molar-refractivity contribution in [2.75, 3.05) is 5.73 Å². The smallest absolute Gasteiger partial charge is 0.240 e. The summed E-state index contributed by atoms with van der Waals surface area (Å²) in [5.41, 5.74) is 11.2. The number of nitrogens with two attached hydrogens (primary N) is 1. The molecule has 0 spiro atoms. The molecule has 0 fully saturated rings. The molecule has 2 aromatic carbocycles. The molecule has 4 rings (SSSR count). The SMILES string of the molecule is Cc1cc(-c2nnc(N)nc2-c2ccccc2)cc2cn[nH]c12. The molecule has 6 nitrogen and oxygen atoms in total. The van der Waals surface area contributed by atoms with Crippen LogP contribution < -0.4 is 5.73 Å². The van der Waals surface area contributed by atoms with Crippen LogP contribution in [0.3, 0.4) is 0 Å². The maximum atomic E-state index is 5.75. The predicted octanol–water partition coefficient (Wildman–Crippen LogP) is 2.97. The number of H-pyrrole nitrogens is 1. The molecule has 0 aliphatic heterocycles. The predicted molar refractivity (Wildman–Crippen MR) is 89.5 cm³/mol. The Bertz CT molecular complexity index is 991. The van der Waals surface area contributed by atoms with Gasteiger partial charge in [-0.25, -0.2) is 4.98 Å². The maximum Gasteiger partial charge on any atom is 0.240 e. The zero-order valence-electron chi connectivity index (χ0n) is 12.5. The standard InChI is InChI=1S/C17H14N6/c1-10-7-12(8-13-9-19-21-14(10)13)16-15(20-17(18)23-22-16)11-5-3-2-4-6-11/h2-9H,1H3,(H,19,21)(H2,18,20,23). The fourth-order valence-electron chi connectivity index (χ4n) is 2.70. The minimum atomic E-state index is 0.161. The molecular formula is C17H14N6. The molecule has 0 unspecified atom stereocenters. The molecule has 0 saturated carbocycles. The van der Waals surface area contributed by atoms with Crippen molar-refractivity contribution in [1.82, 2.24) is 25.4 Å². The van der Waals surface area contributed by atoms with Gasteiger partial charge in [0.2, 0.25) is 5.95 Å². The zero-order chi connectivity index (χ0) is 15.8. The summed E-state index contributed by atoms with van der Waals surface area (Å²) in [7, 11) is 0. The monoisotopic (exact) mass is 302 g/mol. The highest BCUT2D eigenvalue weighted by atomic mass is 15.2. The van der Waals surface area contributed by atoms with Crippen LogP contribution in [0.25, 0.3) is 33.4 Å². The van der Waals surface area contributed by atoms with Gasteiger partial charge in [-0.1, -0.05) is 30.3 Å². The van der Waals surface area contributed by atoms with E-state index in [2.05, 4.69) is 31.4 Å². The molecule has 0 aliphatic rings. The number of aromatic nitrogens is 5. The summed E-state index contributed by atoms with van der Waals surface area (Å²) >= 11 is 0. The number of nitrogen functional groups attached to an aromatic ring is 1. The van der Waals surface area contributed by atoms with Crippen LogP contribution in [0.2, 0.25) is 0 Å². The van der Waals surface area contributed by atoms with Crippen molar-refractivity contribution in [2.24, 2.45) is 0 Å². The number of nitrogens with one attached hydrogen (secondary N) is 1. The highest BCUT2D eigenvalue weighted by Gasteiger charge is 2.14. The lowest BCUT2D eigenvalue weighted by atomic mass is 10.0. The Morgan fingerprint density at radius 2 is 1.78 bits per heavy atom. The lowest BCUT2D eigenvalue weighted by Gasteiger charge is -2.09. The van der Waals surface area contributed by atoms with Gasteiger partial charge in [-0.2, -0.15) is 5.10 Å². The minimum Gasteiger partial charge on any atom is -0.366 e. The molecule has 4 aromatic rings. The van der Waals surface area contributed by atoms with Gasteiger partial charge in [0.05, 0.1) is 11.7 Å². The summed E-state index contributed by atoms with van der Waals surface area (Å²) < 4.78 is 0. The summed E-state index contributed by atoms with van der Waals surface area (Å²) in [6.45, 7) is 2.03. The Morgan fingerprint density at radius 3 is 2.61 bits per heavy atom. The Labute approximate surface area is 132 Å². The minimum absolute atomic E-state index is 0.161. The number of aryl methyl sites for hydroxylation is 1. The average molecular weight is 302 g/mol. The second-order valence-electron chi connectivity index (χ2n) is 5.36. The summed E-state index contributed by atoms with van der Waals surface area (Å²) in [6.07, 6.45) is 1.80. The van der Waals surface area contributed by atoms with Crippen LogP contribution >= 0.6 is 0 Å². The first kappa shape index (κ1) is 13.4. The average Bonchev–Trinajstić information content (AvgIpc) is 3.05. The zero-order valence-corrected chi connectivity index (χ0v) is 12.5. The molecule has 0 aliphatic carbocycles. The molecule has 0 bridgehead atoms. The van der Waals surface area contributed by atoms with E-state index in [0.29, 0.717) is 5.69 Å². The molecule has 2 heterocycles. The molecule has 3 N–H and O–H groups in total. The Morgan fingerprint density at radius 1 is 0.957 bits per heavy atom. The summed E-state index contributed by atoms with van der Waals surface area (Å²) in [6, 6.07) is 13.9. The number of nitrogens with zero attached hydrogens (tertiary/aromatic N) is 4. The first-order valence-electron chi connectivity index (χ1n) is 7.22. The first-order valence-corrected chi connectivity index (χ1v) is 7.22. The van der Waals surface area contributed by atoms with E-state index in [1.165, 1.54) is 0 Å². The van der Waals surface area contributed by atoms with E-state index in [-0.39, 0.29) is 5.95 Å². The lowest BCUT2D eigenvalue weighted by molar-refractivity contribution is 0.997. The molecule has 112 valence electrons. The van der Waals surface area contributed by atoms with Crippen LogP contribution in [0.1, 0.15) is 5.56 Å². The van der Waals surface area contributed by atoms with Crippen molar-refractivity contribution in [3.8, 4) is 22.5 Å².